The highest BCUT2D eigenvalue weighted by atomic mass is 16.1. The van der Waals surface area contributed by atoms with Crippen molar-refractivity contribution in [1.29, 1.82) is 0 Å². The molecule has 0 saturated carbocycles. The van der Waals surface area contributed by atoms with E-state index in [1.165, 1.54) is 12.7 Å². The molecular formula is C11H11N5O. The third-order valence-electron chi connectivity index (χ3n) is 2.34. The maximum absolute atomic E-state index is 11.9. The third-order valence-corrected chi connectivity index (χ3v) is 2.34. The number of anilines is 2. The maximum atomic E-state index is 11.9. The highest BCUT2D eigenvalue weighted by Crippen LogP contribution is 2.16. The van der Waals surface area contributed by atoms with Crippen molar-refractivity contribution in [3.63, 3.8) is 0 Å². The van der Waals surface area contributed by atoms with Crippen molar-refractivity contribution in [2.24, 2.45) is 0 Å². The van der Waals surface area contributed by atoms with Gasteiger partial charge in [0.2, 0.25) is 5.95 Å². The number of carbonyl (C=O) groups excluding carboxylic acids is 1. The molecule has 6 heteroatoms. The zero-order valence-electron chi connectivity index (χ0n) is 9.21. The number of benzene rings is 1. The molecule has 0 atom stereocenters. The van der Waals surface area contributed by atoms with Crippen molar-refractivity contribution < 1.29 is 4.79 Å². The number of nitrogens with two attached hydrogens (primary N) is 1. The minimum Gasteiger partial charge on any atom is -0.398 e. The molecule has 1 aromatic carbocycles. The zero-order valence-corrected chi connectivity index (χ0v) is 9.21. The fraction of sp³-hybridized carbons (Fsp3) is 0.0909. The van der Waals surface area contributed by atoms with E-state index in [1.54, 1.807) is 25.1 Å². The second kappa shape index (κ2) is 4.56. The van der Waals surface area contributed by atoms with Crippen LogP contribution in [0.25, 0.3) is 0 Å². The van der Waals surface area contributed by atoms with Crippen LogP contribution in [-0.2, 0) is 0 Å². The van der Waals surface area contributed by atoms with Crippen molar-refractivity contribution in [3.05, 3.63) is 42.0 Å². The first kappa shape index (κ1) is 11.0. The highest BCUT2D eigenvalue weighted by Gasteiger charge is 2.11. The predicted molar refractivity (Wildman–Crippen MR) is 63.4 cm³/mol. The van der Waals surface area contributed by atoms with E-state index in [1.807, 2.05) is 0 Å². The first-order valence-corrected chi connectivity index (χ1v) is 4.97. The minimum atomic E-state index is -0.291. The standard InChI is InChI=1S/C11H11N5O/c1-7-8(3-2-4-9(7)12)10(17)16-11-14-5-13-6-15-11/h2-6H,12H2,1H3,(H,13,14,15,16,17). The Bertz CT molecular complexity index is 541. The smallest absolute Gasteiger partial charge is 0.258 e. The molecule has 0 unspecified atom stereocenters. The van der Waals surface area contributed by atoms with Crippen LogP contribution < -0.4 is 11.1 Å². The van der Waals surface area contributed by atoms with Crippen molar-refractivity contribution in [2.45, 2.75) is 6.92 Å². The number of aromatic nitrogens is 3. The van der Waals surface area contributed by atoms with Crippen LogP contribution in [0, 0.1) is 6.92 Å². The summed E-state index contributed by atoms with van der Waals surface area (Å²) in [5.74, 6) is -0.0761. The number of nitrogen functional groups attached to an aromatic ring is 1. The molecule has 0 saturated heterocycles. The molecule has 86 valence electrons. The molecule has 3 N–H and O–H groups in total. The van der Waals surface area contributed by atoms with E-state index in [2.05, 4.69) is 20.3 Å². The van der Waals surface area contributed by atoms with Gasteiger partial charge in [-0.3, -0.25) is 10.1 Å². The summed E-state index contributed by atoms with van der Waals surface area (Å²) >= 11 is 0. The van der Waals surface area contributed by atoms with Crippen LogP contribution in [0.2, 0.25) is 0 Å². The van der Waals surface area contributed by atoms with Crippen LogP contribution in [0.3, 0.4) is 0 Å². The zero-order chi connectivity index (χ0) is 12.3. The second-order valence-corrected chi connectivity index (χ2v) is 3.44. The molecule has 0 aliphatic rings. The van der Waals surface area contributed by atoms with Gasteiger partial charge in [-0.25, -0.2) is 15.0 Å². The van der Waals surface area contributed by atoms with E-state index in [-0.39, 0.29) is 11.9 Å². The Morgan fingerprint density at radius 2 is 2.00 bits per heavy atom. The van der Waals surface area contributed by atoms with Crippen molar-refractivity contribution in [3.8, 4) is 0 Å². The number of nitrogens with one attached hydrogen (secondary N) is 1. The monoisotopic (exact) mass is 229 g/mol. The normalized spacial score (nSPS) is 9.94. The molecule has 6 nitrogen and oxygen atoms in total. The van der Waals surface area contributed by atoms with Crippen LogP contribution >= 0.6 is 0 Å². The summed E-state index contributed by atoms with van der Waals surface area (Å²) in [6.07, 6.45) is 2.63. The molecule has 0 aliphatic heterocycles. The molecule has 1 aromatic heterocycles. The highest BCUT2D eigenvalue weighted by molar-refractivity contribution is 6.05. The van der Waals surface area contributed by atoms with Gasteiger partial charge in [0.25, 0.3) is 5.91 Å². The number of carbonyl (C=O) groups is 1. The van der Waals surface area contributed by atoms with Crippen LogP contribution in [0.5, 0.6) is 0 Å². The summed E-state index contributed by atoms with van der Waals surface area (Å²) in [6, 6.07) is 5.17. The lowest BCUT2D eigenvalue weighted by atomic mass is 10.1. The molecule has 1 amide bonds. The molecule has 0 spiro atoms. The number of nitrogens with zero attached hydrogens (tertiary/aromatic N) is 3. The lowest BCUT2D eigenvalue weighted by Crippen LogP contribution is -2.16. The van der Waals surface area contributed by atoms with Gasteiger partial charge >= 0.3 is 0 Å². The fourth-order valence-electron chi connectivity index (χ4n) is 1.37. The van der Waals surface area contributed by atoms with Crippen LogP contribution in [0.1, 0.15) is 15.9 Å². The van der Waals surface area contributed by atoms with Gasteiger partial charge in [-0.1, -0.05) is 6.07 Å². The average molecular weight is 229 g/mol. The van der Waals surface area contributed by atoms with Gasteiger partial charge in [0, 0.05) is 11.3 Å². The van der Waals surface area contributed by atoms with Gasteiger partial charge in [-0.15, -0.1) is 0 Å². The lowest BCUT2D eigenvalue weighted by molar-refractivity contribution is 0.102. The Hall–Kier alpha value is -2.50. The number of rotatable bonds is 2. The van der Waals surface area contributed by atoms with Crippen molar-refractivity contribution in [1.82, 2.24) is 15.0 Å². The molecule has 0 bridgehead atoms. The van der Waals surface area contributed by atoms with E-state index in [0.717, 1.165) is 5.56 Å². The van der Waals surface area contributed by atoms with Gasteiger partial charge < -0.3 is 5.73 Å². The third kappa shape index (κ3) is 2.36. The van der Waals surface area contributed by atoms with E-state index in [0.29, 0.717) is 11.3 Å². The number of hydrogen-bond donors (Lipinski definition) is 2. The van der Waals surface area contributed by atoms with Gasteiger partial charge in [0.05, 0.1) is 0 Å². The summed E-state index contributed by atoms with van der Waals surface area (Å²) in [5, 5.41) is 2.57. The van der Waals surface area contributed by atoms with Crippen LogP contribution in [0.15, 0.2) is 30.9 Å². The van der Waals surface area contributed by atoms with Crippen molar-refractivity contribution >= 4 is 17.5 Å². The van der Waals surface area contributed by atoms with Gasteiger partial charge in [0.1, 0.15) is 12.7 Å². The first-order valence-electron chi connectivity index (χ1n) is 4.97. The summed E-state index contributed by atoms with van der Waals surface area (Å²) in [6.45, 7) is 1.79. The summed E-state index contributed by atoms with van der Waals surface area (Å²) in [4.78, 5) is 23.2. The largest absolute Gasteiger partial charge is 0.398 e. The lowest BCUT2D eigenvalue weighted by Gasteiger charge is -2.07. The summed E-state index contributed by atoms with van der Waals surface area (Å²) < 4.78 is 0. The van der Waals surface area contributed by atoms with Crippen LogP contribution in [-0.4, -0.2) is 20.9 Å². The molecule has 1 heterocycles. The maximum Gasteiger partial charge on any atom is 0.258 e. The molecule has 0 aliphatic carbocycles. The van der Waals surface area contributed by atoms with Gasteiger partial charge in [-0.05, 0) is 24.6 Å². The topological polar surface area (TPSA) is 93.8 Å². The average Bonchev–Trinajstić information content (AvgIpc) is 2.34. The van der Waals surface area contributed by atoms with E-state index < -0.39 is 0 Å². The quantitative estimate of drug-likeness (QED) is 0.749. The Kier molecular flexibility index (Phi) is 2.95. The Morgan fingerprint density at radius 3 is 2.71 bits per heavy atom. The molecule has 2 aromatic rings. The van der Waals surface area contributed by atoms with Gasteiger partial charge in [0.15, 0.2) is 0 Å². The number of hydrogen-bond acceptors (Lipinski definition) is 5. The van der Waals surface area contributed by atoms with Gasteiger partial charge in [-0.2, -0.15) is 0 Å². The van der Waals surface area contributed by atoms with E-state index >= 15 is 0 Å². The van der Waals surface area contributed by atoms with Crippen LogP contribution in [0.4, 0.5) is 11.6 Å². The Morgan fingerprint density at radius 1 is 1.29 bits per heavy atom. The first-order chi connectivity index (χ1) is 8.18. The Balaban J connectivity index is 2.24. The predicted octanol–water partition coefficient (Wildman–Crippen LogP) is 1.01. The molecule has 2 rings (SSSR count). The molecule has 17 heavy (non-hydrogen) atoms. The molecule has 0 fully saturated rings. The van der Waals surface area contributed by atoms with Crippen molar-refractivity contribution in [2.75, 3.05) is 11.1 Å². The Labute approximate surface area is 97.9 Å². The fourth-order valence-corrected chi connectivity index (χ4v) is 1.37. The minimum absolute atomic E-state index is 0.215. The molecular weight excluding hydrogens is 218 g/mol. The summed E-state index contributed by atoms with van der Waals surface area (Å²) in [5.41, 5.74) is 7.55. The summed E-state index contributed by atoms with van der Waals surface area (Å²) in [7, 11) is 0. The SMILES string of the molecule is Cc1c(N)cccc1C(=O)Nc1ncncn1. The molecule has 0 radical (unpaired) electrons. The van der Waals surface area contributed by atoms with E-state index in [4.69, 9.17) is 5.73 Å². The van der Waals surface area contributed by atoms with E-state index in [9.17, 15) is 4.79 Å². The second-order valence-electron chi connectivity index (χ2n) is 3.44. The number of amides is 1.